The molecule has 2 nitrogen and oxygen atoms in total. The van der Waals surface area contributed by atoms with E-state index in [1.807, 2.05) is 19.2 Å². The van der Waals surface area contributed by atoms with E-state index in [0.717, 1.165) is 10.2 Å². The second-order valence-electron chi connectivity index (χ2n) is 4.42. The number of benzene rings is 2. The van der Waals surface area contributed by atoms with Crippen molar-refractivity contribution in [3.63, 3.8) is 0 Å². The van der Waals surface area contributed by atoms with Crippen molar-refractivity contribution in [2.75, 3.05) is 7.05 Å². The highest BCUT2D eigenvalue weighted by Gasteiger charge is 2.17. The van der Waals surface area contributed by atoms with Gasteiger partial charge in [-0.25, -0.2) is 0 Å². The SMILES string of the molecule is CNC(c1ccco1)c1ccc(Br)c2ccccc12. The number of hydrogen-bond donors (Lipinski definition) is 1. The van der Waals surface area contributed by atoms with Gasteiger partial charge in [0.15, 0.2) is 0 Å². The Morgan fingerprint density at radius 1 is 1.00 bits per heavy atom. The van der Waals surface area contributed by atoms with Crippen LogP contribution in [-0.4, -0.2) is 7.05 Å². The van der Waals surface area contributed by atoms with Crippen LogP contribution in [0.25, 0.3) is 10.8 Å². The summed E-state index contributed by atoms with van der Waals surface area (Å²) in [5.74, 6) is 0.926. The van der Waals surface area contributed by atoms with Gasteiger partial charge in [-0.05, 0) is 41.6 Å². The molecule has 0 aliphatic rings. The summed E-state index contributed by atoms with van der Waals surface area (Å²) in [6, 6.07) is 16.6. The van der Waals surface area contributed by atoms with Crippen LogP contribution < -0.4 is 5.32 Å². The molecular weight excluding hydrogens is 302 g/mol. The van der Waals surface area contributed by atoms with Gasteiger partial charge in [0.25, 0.3) is 0 Å². The third-order valence-corrected chi connectivity index (χ3v) is 4.02. The maximum atomic E-state index is 5.55. The molecule has 0 fully saturated rings. The fourth-order valence-electron chi connectivity index (χ4n) is 2.44. The topological polar surface area (TPSA) is 25.2 Å². The van der Waals surface area contributed by atoms with Crippen LogP contribution in [0.15, 0.2) is 63.7 Å². The highest BCUT2D eigenvalue weighted by molar-refractivity contribution is 9.10. The second-order valence-corrected chi connectivity index (χ2v) is 5.27. The van der Waals surface area contributed by atoms with Crippen molar-refractivity contribution < 1.29 is 4.42 Å². The highest BCUT2D eigenvalue weighted by atomic mass is 79.9. The molecule has 0 amide bonds. The predicted molar refractivity (Wildman–Crippen MR) is 81.3 cm³/mol. The van der Waals surface area contributed by atoms with E-state index in [1.165, 1.54) is 16.3 Å². The van der Waals surface area contributed by atoms with Gasteiger partial charge in [-0.3, -0.25) is 0 Å². The maximum absolute atomic E-state index is 5.55. The van der Waals surface area contributed by atoms with Gasteiger partial charge < -0.3 is 9.73 Å². The zero-order chi connectivity index (χ0) is 13.2. The molecule has 96 valence electrons. The Morgan fingerprint density at radius 3 is 2.47 bits per heavy atom. The molecule has 2 aromatic carbocycles. The number of furan rings is 1. The lowest BCUT2D eigenvalue weighted by Crippen LogP contribution is -2.17. The van der Waals surface area contributed by atoms with Crippen LogP contribution in [0.5, 0.6) is 0 Å². The Bertz CT molecular complexity index is 691. The molecule has 0 spiro atoms. The number of fused-ring (bicyclic) bond motifs is 1. The van der Waals surface area contributed by atoms with E-state index in [-0.39, 0.29) is 6.04 Å². The monoisotopic (exact) mass is 315 g/mol. The van der Waals surface area contributed by atoms with E-state index < -0.39 is 0 Å². The van der Waals surface area contributed by atoms with E-state index in [1.54, 1.807) is 6.26 Å². The Kier molecular flexibility index (Phi) is 3.40. The fourth-order valence-corrected chi connectivity index (χ4v) is 2.92. The largest absolute Gasteiger partial charge is 0.467 e. The lowest BCUT2D eigenvalue weighted by atomic mass is 9.97. The first-order valence-corrected chi connectivity index (χ1v) is 6.98. The van der Waals surface area contributed by atoms with E-state index in [0.29, 0.717) is 0 Å². The lowest BCUT2D eigenvalue weighted by Gasteiger charge is -2.17. The Labute approximate surface area is 120 Å². The summed E-state index contributed by atoms with van der Waals surface area (Å²) in [5.41, 5.74) is 1.22. The molecule has 0 bridgehead atoms. The van der Waals surface area contributed by atoms with Gasteiger partial charge in [-0.1, -0.05) is 46.3 Å². The van der Waals surface area contributed by atoms with E-state index in [4.69, 9.17) is 4.42 Å². The smallest absolute Gasteiger partial charge is 0.125 e. The van der Waals surface area contributed by atoms with E-state index in [2.05, 4.69) is 57.6 Å². The standard InChI is InChI=1S/C16H14BrNO/c1-18-16(15-7-4-10-19-15)13-8-9-14(17)12-6-3-2-5-11(12)13/h2-10,16,18H,1H3. The van der Waals surface area contributed by atoms with Gasteiger partial charge in [0.05, 0.1) is 12.3 Å². The van der Waals surface area contributed by atoms with E-state index in [9.17, 15) is 0 Å². The van der Waals surface area contributed by atoms with Gasteiger partial charge in [-0.2, -0.15) is 0 Å². The minimum absolute atomic E-state index is 0.0630. The fraction of sp³-hybridized carbons (Fsp3) is 0.125. The van der Waals surface area contributed by atoms with Crippen LogP contribution in [0.3, 0.4) is 0 Å². The number of nitrogens with one attached hydrogen (secondary N) is 1. The summed E-state index contributed by atoms with van der Waals surface area (Å²) in [6.07, 6.45) is 1.71. The molecular formula is C16H14BrNO. The van der Waals surface area contributed by atoms with Crippen LogP contribution in [0.4, 0.5) is 0 Å². The molecule has 0 radical (unpaired) electrons. The number of hydrogen-bond acceptors (Lipinski definition) is 2. The Morgan fingerprint density at radius 2 is 1.79 bits per heavy atom. The van der Waals surface area contributed by atoms with E-state index >= 15 is 0 Å². The first-order valence-electron chi connectivity index (χ1n) is 6.19. The number of halogens is 1. The van der Waals surface area contributed by atoms with Gasteiger partial charge in [0.2, 0.25) is 0 Å². The van der Waals surface area contributed by atoms with Crippen molar-refractivity contribution in [1.82, 2.24) is 5.32 Å². The molecule has 0 aliphatic heterocycles. The van der Waals surface area contributed by atoms with Crippen molar-refractivity contribution in [1.29, 1.82) is 0 Å². The van der Waals surface area contributed by atoms with Crippen LogP contribution >= 0.6 is 15.9 Å². The minimum atomic E-state index is 0.0630. The first-order chi connectivity index (χ1) is 9.31. The summed E-state index contributed by atoms with van der Waals surface area (Å²) < 4.78 is 6.66. The molecule has 1 unspecified atom stereocenters. The van der Waals surface area contributed by atoms with Crippen molar-refractivity contribution in [3.05, 3.63) is 70.6 Å². The molecule has 0 saturated carbocycles. The van der Waals surface area contributed by atoms with Crippen molar-refractivity contribution in [2.45, 2.75) is 6.04 Å². The van der Waals surface area contributed by atoms with Crippen molar-refractivity contribution >= 4 is 26.7 Å². The van der Waals surface area contributed by atoms with Crippen LogP contribution in [0.1, 0.15) is 17.4 Å². The zero-order valence-corrected chi connectivity index (χ0v) is 12.1. The zero-order valence-electron chi connectivity index (χ0n) is 10.6. The number of rotatable bonds is 3. The minimum Gasteiger partial charge on any atom is -0.467 e. The summed E-state index contributed by atoms with van der Waals surface area (Å²) >= 11 is 3.61. The second kappa shape index (κ2) is 5.19. The highest BCUT2D eigenvalue weighted by Crippen LogP contribution is 2.32. The first kappa shape index (κ1) is 12.5. The third-order valence-electron chi connectivity index (χ3n) is 3.33. The Balaban J connectivity index is 2.22. The average Bonchev–Trinajstić information content (AvgIpc) is 2.96. The Hall–Kier alpha value is -1.58. The molecule has 0 aliphatic carbocycles. The molecule has 3 rings (SSSR count). The molecule has 1 heterocycles. The van der Waals surface area contributed by atoms with Crippen LogP contribution in [0, 0.1) is 0 Å². The van der Waals surface area contributed by atoms with Gasteiger partial charge in [-0.15, -0.1) is 0 Å². The molecule has 19 heavy (non-hydrogen) atoms. The predicted octanol–water partition coefficient (Wildman–Crippen LogP) is 4.50. The molecule has 1 aromatic heterocycles. The molecule has 1 atom stereocenters. The third kappa shape index (κ3) is 2.20. The molecule has 3 aromatic rings. The maximum Gasteiger partial charge on any atom is 0.125 e. The summed E-state index contributed by atoms with van der Waals surface area (Å²) in [7, 11) is 1.95. The van der Waals surface area contributed by atoms with Gasteiger partial charge in [0.1, 0.15) is 5.76 Å². The normalized spacial score (nSPS) is 12.7. The summed E-state index contributed by atoms with van der Waals surface area (Å²) in [6.45, 7) is 0. The molecule has 0 saturated heterocycles. The lowest BCUT2D eigenvalue weighted by molar-refractivity contribution is 0.464. The van der Waals surface area contributed by atoms with Gasteiger partial charge >= 0.3 is 0 Å². The summed E-state index contributed by atoms with van der Waals surface area (Å²) in [4.78, 5) is 0. The molecule has 1 N–H and O–H groups in total. The average molecular weight is 316 g/mol. The quantitative estimate of drug-likeness (QED) is 0.769. The molecule has 3 heteroatoms. The van der Waals surface area contributed by atoms with Crippen LogP contribution in [0.2, 0.25) is 0 Å². The van der Waals surface area contributed by atoms with Crippen LogP contribution in [-0.2, 0) is 0 Å². The summed E-state index contributed by atoms with van der Waals surface area (Å²) in [5, 5.41) is 5.77. The van der Waals surface area contributed by atoms with Crippen molar-refractivity contribution in [3.8, 4) is 0 Å². The van der Waals surface area contributed by atoms with Gasteiger partial charge in [0, 0.05) is 4.47 Å². The van der Waals surface area contributed by atoms with Crippen molar-refractivity contribution in [2.24, 2.45) is 0 Å².